The van der Waals surface area contributed by atoms with Crippen LogP contribution < -0.4 is 0 Å². The van der Waals surface area contributed by atoms with E-state index in [2.05, 4.69) is 0 Å². The van der Waals surface area contributed by atoms with Crippen LogP contribution in [0.1, 0.15) is 29.7 Å². The van der Waals surface area contributed by atoms with Gasteiger partial charge in [-0.05, 0) is 37.6 Å². The molecule has 0 saturated carbocycles. The van der Waals surface area contributed by atoms with Crippen LogP contribution in [0.2, 0.25) is 0 Å². The third kappa shape index (κ3) is 2.50. The van der Waals surface area contributed by atoms with Gasteiger partial charge in [0.1, 0.15) is 0 Å². The van der Waals surface area contributed by atoms with Crippen molar-refractivity contribution in [3.05, 3.63) is 35.0 Å². The molecular weight excluding hydrogens is 283 g/mol. The van der Waals surface area contributed by atoms with Crippen molar-refractivity contribution in [2.24, 2.45) is 7.05 Å². The molecule has 0 fully saturated rings. The average molecular weight is 299 g/mol. The van der Waals surface area contributed by atoms with Gasteiger partial charge in [0, 0.05) is 23.6 Å². The normalized spacial score (nSPS) is 13.5. The van der Waals surface area contributed by atoms with Crippen molar-refractivity contribution in [2.45, 2.75) is 25.9 Å². The largest absolute Gasteiger partial charge is 0.469 e. The number of benzene rings is 1. The molecule has 0 amide bonds. The Morgan fingerprint density at radius 1 is 1.33 bits per heavy atom. The summed E-state index contributed by atoms with van der Waals surface area (Å²) in [5.74, 6) is -1.09. The maximum absolute atomic E-state index is 12.9. The number of esters is 1. The van der Waals surface area contributed by atoms with Gasteiger partial charge >= 0.3 is 12.1 Å². The second kappa shape index (κ2) is 5.09. The fourth-order valence-corrected chi connectivity index (χ4v) is 2.62. The summed E-state index contributed by atoms with van der Waals surface area (Å²) in [6, 6.07) is 3.57. The van der Waals surface area contributed by atoms with Gasteiger partial charge in [-0.2, -0.15) is 13.2 Å². The number of hydrogen-bond acceptors (Lipinski definition) is 2. The Bertz CT molecular complexity index is 701. The van der Waals surface area contributed by atoms with Crippen molar-refractivity contribution in [2.75, 3.05) is 7.11 Å². The number of halogens is 3. The zero-order chi connectivity index (χ0) is 15.9. The molecule has 1 aromatic carbocycles. The summed E-state index contributed by atoms with van der Waals surface area (Å²) < 4.78 is 45.1. The minimum atomic E-state index is -4.41. The summed E-state index contributed by atoms with van der Waals surface area (Å²) in [7, 11) is 3.03. The monoisotopic (exact) mass is 299 g/mol. The van der Waals surface area contributed by atoms with E-state index in [0.29, 0.717) is 16.5 Å². The van der Waals surface area contributed by atoms with Crippen LogP contribution in [0.5, 0.6) is 0 Å². The molecule has 114 valence electrons. The molecule has 0 aliphatic carbocycles. The molecule has 1 unspecified atom stereocenters. The first-order chi connectivity index (χ1) is 9.68. The molecule has 0 N–H and O–H groups in total. The molecule has 1 heterocycles. The number of rotatable bonds is 2. The standard InChI is InChI=1S/C15H16F3NO2/c1-8(14(20)21-4)13-9(2)19(3)12-6-5-10(7-11(12)13)15(16,17)18/h5-8H,1-4H3. The third-order valence-corrected chi connectivity index (χ3v) is 3.86. The molecule has 0 bridgehead atoms. The number of carbonyl (C=O) groups is 1. The van der Waals surface area contributed by atoms with Gasteiger partial charge in [-0.15, -0.1) is 0 Å². The van der Waals surface area contributed by atoms with Crippen molar-refractivity contribution >= 4 is 16.9 Å². The van der Waals surface area contributed by atoms with Crippen molar-refractivity contribution in [3.63, 3.8) is 0 Å². The lowest BCUT2D eigenvalue weighted by atomic mass is 9.97. The fourth-order valence-electron chi connectivity index (χ4n) is 2.62. The van der Waals surface area contributed by atoms with Crippen LogP contribution in [0.25, 0.3) is 10.9 Å². The van der Waals surface area contributed by atoms with E-state index in [0.717, 1.165) is 17.8 Å². The number of alkyl halides is 3. The van der Waals surface area contributed by atoms with E-state index < -0.39 is 23.6 Å². The Morgan fingerprint density at radius 3 is 2.48 bits per heavy atom. The van der Waals surface area contributed by atoms with Gasteiger partial charge in [0.2, 0.25) is 0 Å². The molecule has 3 nitrogen and oxygen atoms in total. The van der Waals surface area contributed by atoms with Crippen LogP contribution >= 0.6 is 0 Å². The maximum atomic E-state index is 12.9. The smallest absolute Gasteiger partial charge is 0.416 e. The Balaban J connectivity index is 2.74. The van der Waals surface area contributed by atoms with E-state index in [-0.39, 0.29) is 0 Å². The predicted molar refractivity (Wildman–Crippen MR) is 73.1 cm³/mol. The van der Waals surface area contributed by atoms with Gasteiger partial charge in [-0.1, -0.05) is 0 Å². The van der Waals surface area contributed by atoms with E-state index in [1.807, 2.05) is 0 Å². The van der Waals surface area contributed by atoms with Gasteiger partial charge in [-0.25, -0.2) is 0 Å². The Hall–Kier alpha value is -1.98. The molecule has 2 rings (SSSR count). The molecule has 0 radical (unpaired) electrons. The zero-order valence-corrected chi connectivity index (χ0v) is 12.2. The molecule has 1 aromatic heterocycles. The molecule has 6 heteroatoms. The Kier molecular flexibility index (Phi) is 3.74. The van der Waals surface area contributed by atoms with Gasteiger partial charge < -0.3 is 9.30 Å². The highest BCUT2D eigenvalue weighted by atomic mass is 19.4. The van der Waals surface area contributed by atoms with Crippen molar-refractivity contribution in [1.82, 2.24) is 4.57 Å². The lowest BCUT2D eigenvalue weighted by Gasteiger charge is -2.11. The van der Waals surface area contributed by atoms with Crippen LogP contribution in [0, 0.1) is 6.92 Å². The first-order valence-corrected chi connectivity index (χ1v) is 6.42. The summed E-state index contributed by atoms with van der Waals surface area (Å²) in [5.41, 5.74) is 1.26. The van der Waals surface area contributed by atoms with Gasteiger partial charge in [-0.3, -0.25) is 4.79 Å². The van der Waals surface area contributed by atoms with Crippen LogP contribution in [-0.4, -0.2) is 17.6 Å². The Morgan fingerprint density at radius 2 is 1.95 bits per heavy atom. The molecule has 0 spiro atoms. The first-order valence-electron chi connectivity index (χ1n) is 6.42. The lowest BCUT2D eigenvalue weighted by molar-refractivity contribution is -0.142. The zero-order valence-electron chi connectivity index (χ0n) is 12.2. The maximum Gasteiger partial charge on any atom is 0.416 e. The van der Waals surface area contributed by atoms with Crippen LogP contribution in [0.15, 0.2) is 18.2 Å². The van der Waals surface area contributed by atoms with Crippen molar-refractivity contribution in [3.8, 4) is 0 Å². The quantitative estimate of drug-likeness (QED) is 0.790. The third-order valence-electron chi connectivity index (χ3n) is 3.86. The van der Waals surface area contributed by atoms with E-state index in [4.69, 9.17) is 4.74 Å². The fraction of sp³-hybridized carbons (Fsp3) is 0.400. The highest BCUT2D eigenvalue weighted by Crippen LogP contribution is 2.36. The summed E-state index contributed by atoms with van der Waals surface area (Å²) in [6.07, 6.45) is -4.41. The van der Waals surface area contributed by atoms with Gasteiger partial charge in [0.25, 0.3) is 0 Å². The topological polar surface area (TPSA) is 31.2 Å². The van der Waals surface area contributed by atoms with E-state index >= 15 is 0 Å². The number of aryl methyl sites for hydroxylation is 1. The summed E-state index contributed by atoms with van der Waals surface area (Å²) >= 11 is 0. The molecule has 0 aliphatic heterocycles. The summed E-state index contributed by atoms with van der Waals surface area (Å²) in [4.78, 5) is 11.7. The van der Waals surface area contributed by atoms with Crippen LogP contribution in [-0.2, 0) is 22.8 Å². The minimum absolute atomic E-state index is 0.433. The highest BCUT2D eigenvalue weighted by Gasteiger charge is 2.32. The Labute approximate surface area is 120 Å². The predicted octanol–water partition coefficient (Wildman–Crippen LogP) is 3.78. The molecule has 2 aromatic rings. The van der Waals surface area contributed by atoms with Crippen LogP contribution in [0.3, 0.4) is 0 Å². The first kappa shape index (κ1) is 15.4. The minimum Gasteiger partial charge on any atom is -0.469 e. The van der Waals surface area contributed by atoms with Gasteiger partial charge in [0.05, 0.1) is 18.6 Å². The molecular formula is C15H16F3NO2. The van der Waals surface area contributed by atoms with E-state index in [1.165, 1.54) is 13.2 Å². The lowest BCUT2D eigenvalue weighted by Crippen LogP contribution is -2.12. The number of methoxy groups -OCH3 is 1. The number of nitrogens with zero attached hydrogens (tertiary/aromatic N) is 1. The molecule has 0 saturated heterocycles. The van der Waals surface area contributed by atoms with Gasteiger partial charge in [0.15, 0.2) is 0 Å². The average Bonchev–Trinajstić information content (AvgIpc) is 2.68. The second-order valence-electron chi connectivity index (χ2n) is 5.03. The van der Waals surface area contributed by atoms with Crippen LogP contribution in [0.4, 0.5) is 13.2 Å². The number of hydrogen-bond donors (Lipinski definition) is 0. The highest BCUT2D eigenvalue weighted by molar-refractivity contribution is 5.92. The number of fused-ring (bicyclic) bond motifs is 1. The SMILES string of the molecule is COC(=O)C(C)c1c(C)n(C)c2ccc(C(F)(F)F)cc12. The van der Waals surface area contributed by atoms with Crippen molar-refractivity contribution in [1.29, 1.82) is 0 Å². The summed E-state index contributed by atoms with van der Waals surface area (Å²) in [5, 5.41) is 0.433. The molecule has 21 heavy (non-hydrogen) atoms. The second-order valence-corrected chi connectivity index (χ2v) is 5.03. The van der Waals surface area contributed by atoms with E-state index in [1.54, 1.807) is 25.5 Å². The molecule has 0 aliphatic rings. The number of carbonyl (C=O) groups excluding carboxylic acids is 1. The van der Waals surface area contributed by atoms with E-state index in [9.17, 15) is 18.0 Å². The number of ether oxygens (including phenoxy) is 1. The summed E-state index contributed by atoms with van der Waals surface area (Å²) in [6.45, 7) is 3.41. The molecule has 1 atom stereocenters. The number of aromatic nitrogens is 1. The van der Waals surface area contributed by atoms with Crippen molar-refractivity contribution < 1.29 is 22.7 Å².